The first-order valence-corrected chi connectivity index (χ1v) is 9.95. The summed E-state index contributed by atoms with van der Waals surface area (Å²) in [5.41, 5.74) is 3.60. The van der Waals surface area contributed by atoms with Gasteiger partial charge in [-0.15, -0.1) is 0 Å². The standard InChI is InChI=1S/C24H20FN5O2/c25-20-8-6-18(7-9-20)24(32)28-15-22(31)27-14-19-16-30(21-4-2-1-3-5-21)29-23(19)17-10-12-26-13-11-17/h1-13,16H,14-15H2,(H,27,31)(H,28,32). The van der Waals surface area contributed by atoms with E-state index in [9.17, 15) is 14.0 Å². The van der Waals surface area contributed by atoms with E-state index in [1.807, 2.05) is 48.7 Å². The van der Waals surface area contributed by atoms with E-state index in [1.54, 1.807) is 17.1 Å². The molecule has 7 nitrogen and oxygen atoms in total. The normalized spacial score (nSPS) is 10.5. The van der Waals surface area contributed by atoms with Gasteiger partial charge in [0, 0.05) is 41.8 Å². The number of carbonyl (C=O) groups excluding carboxylic acids is 2. The second-order valence-electron chi connectivity index (χ2n) is 6.99. The molecule has 0 aliphatic heterocycles. The van der Waals surface area contributed by atoms with Gasteiger partial charge in [-0.2, -0.15) is 5.10 Å². The number of nitrogens with zero attached hydrogens (tertiary/aromatic N) is 3. The van der Waals surface area contributed by atoms with Gasteiger partial charge in [-0.3, -0.25) is 14.6 Å². The lowest BCUT2D eigenvalue weighted by Crippen LogP contribution is -2.36. The minimum Gasteiger partial charge on any atom is -0.350 e. The van der Waals surface area contributed by atoms with Gasteiger partial charge >= 0.3 is 0 Å². The van der Waals surface area contributed by atoms with Crippen LogP contribution in [0.2, 0.25) is 0 Å². The molecule has 160 valence electrons. The molecule has 8 heteroatoms. The molecular weight excluding hydrogens is 409 g/mol. The van der Waals surface area contributed by atoms with Crippen LogP contribution in [0.4, 0.5) is 4.39 Å². The van der Waals surface area contributed by atoms with E-state index < -0.39 is 11.7 Å². The number of hydrogen-bond acceptors (Lipinski definition) is 4. The van der Waals surface area contributed by atoms with E-state index >= 15 is 0 Å². The van der Waals surface area contributed by atoms with Crippen LogP contribution in [-0.2, 0) is 11.3 Å². The first kappa shape index (κ1) is 20.9. The van der Waals surface area contributed by atoms with Gasteiger partial charge in [-0.25, -0.2) is 9.07 Å². The Balaban J connectivity index is 1.44. The molecule has 2 heterocycles. The van der Waals surface area contributed by atoms with Crippen LogP contribution < -0.4 is 10.6 Å². The van der Waals surface area contributed by atoms with Gasteiger partial charge in [0.2, 0.25) is 5.91 Å². The molecule has 0 unspecified atom stereocenters. The van der Waals surface area contributed by atoms with Crippen LogP contribution in [-0.4, -0.2) is 33.1 Å². The summed E-state index contributed by atoms with van der Waals surface area (Å²) in [5.74, 6) is -1.23. The number of nitrogens with one attached hydrogen (secondary N) is 2. The highest BCUT2D eigenvalue weighted by molar-refractivity contribution is 5.96. The Morgan fingerprint density at radius 3 is 2.34 bits per heavy atom. The molecule has 4 rings (SSSR count). The molecule has 0 atom stereocenters. The predicted molar refractivity (Wildman–Crippen MR) is 117 cm³/mol. The summed E-state index contributed by atoms with van der Waals surface area (Å²) in [6, 6.07) is 18.5. The predicted octanol–water partition coefficient (Wildman–Crippen LogP) is 3.12. The van der Waals surface area contributed by atoms with Gasteiger partial charge in [-0.05, 0) is 48.5 Å². The van der Waals surface area contributed by atoms with Crippen molar-refractivity contribution in [3.05, 3.63) is 102 Å². The fraction of sp³-hybridized carbons (Fsp3) is 0.0833. The minimum absolute atomic E-state index is 0.201. The number of carbonyl (C=O) groups is 2. The zero-order valence-corrected chi connectivity index (χ0v) is 17.0. The van der Waals surface area contributed by atoms with Crippen molar-refractivity contribution in [1.29, 1.82) is 0 Å². The van der Waals surface area contributed by atoms with E-state index in [2.05, 4.69) is 20.7 Å². The number of aromatic nitrogens is 3. The Labute approximate surface area is 183 Å². The minimum atomic E-state index is -0.450. The molecule has 0 aliphatic carbocycles. The van der Waals surface area contributed by atoms with Gasteiger partial charge in [-0.1, -0.05) is 18.2 Å². The summed E-state index contributed by atoms with van der Waals surface area (Å²) >= 11 is 0. The van der Waals surface area contributed by atoms with Crippen molar-refractivity contribution in [3.63, 3.8) is 0 Å². The van der Waals surface area contributed by atoms with Crippen molar-refractivity contribution in [1.82, 2.24) is 25.4 Å². The van der Waals surface area contributed by atoms with Gasteiger partial charge in [0.15, 0.2) is 0 Å². The summed E-state index contributed by atoms with van der Waals surface area (Å²) in [6.45, 7) is 0.0311. The van der Waals surface area contributed by atoms with E-state index in [-0.39, 0.29) is 24.6 Å². The van der Waals surface area contributed by atoms with Crippen LogP contribution in [0.1, 0.15) is 15.9 Å². The number of rotatable bonds is 7. The van der Waals surface area contributed by atoms with Crippen LogP contribution in [0.3, 0.4) is 0 Å². The van der Waals surface area contributed by atoms with Gasteiger partial charge in [0.05, 0.1) is 17.9 Å². The third-order valence-corrected chi connectivity index (χ3v) is 4.76. The highest BCUT2D eigenvalue weighted by Crippen LogP contribution is 2.23. The first-order chi connectivity index (χ1) is 15.6. The van der Waals surface area contributed by atoms with E-state index in [0.29, 0.717) is 0 Å². The number of benzene rings is 2. The zero-order chi connectivity index (χ0) is 22.3. The second-order valence-corrected chi connectivity index (χ2v) is 6.99. The Morgan fingerprint density at radius 1 is 0.906 bits per heavy atom. The number of halogens is 1. The summed E-state index contributed by atoms with van der Waals surface area (Å²) in [6.07, 6.45) is 5.23. The first-order valence-electron chi connectivity index (χ1n) is 9.95. The van der Waals surface area contributed by atoms with Crippen molar-refractivity contribution in [2.24, 2.45) is 0 Å². The van der Waals surface area contributed by atoms with E-state index in [4.69, 9.17) is 0 Å². The second kappa shape index (κ2) is 9.65. The highest BCUT2D eigenvalue weighted by Gasteiger charge is 2.14. The molecular formula is C24H20FN5O2. The average molecular weight is 429 g/mol. The molecule has 2 aromatic carbocycles. The fourth-order valence-corrected chi connectivity index (χ4v) is 3.13. The number of hydrogen-bond donors (Lipinski definition) is 2. The molecule has 0 radical (unpaired) electrons. The Morgan fingerprint density at radius 2 is 1.62 bits per heavy atom. The number of pyridine rings is 1. The molecule has 0 fully saturated rings. The Kier molecular flexibility index (Phi) is 6.31. The smallest absolute Gasteiger partial charge is 0.251 e. The van der Waals surface area contributed by atoms with Gasteiger partial charge in [0.25, 0.3) is 5.91 Å². The van der Waals surface area contributed by atoms with Crippen LogP contribution in [0.15, 0.2) is 85.3 Å². The monoisotopic (exact) mass is 429 g/mol. The quantitative estimate of drug-likeness (QED) is 0.473. The van der Waals surface area contributed by atoms with Crippen LogP contribution in [0.25, 0.3) is 16.9 Å². The lowest BCUT2D eigenvalue weighted by Gasteiger charge is -2.07. The van der Waals surface area contributed by atoms with Crippen molar-refractivity contribution in [3.8, 4) is 16.9 Å². The maximum Gasteiger partial charge on any atom is 0.251 e. The van der Waals surface area contributed by atoms with Crippen LogP contribution in [0.5, 0.6) is 0 Å². The molecule has 0 saturated heterocycles. The highest BCUT2D eigenvalue weighted by atomic mass is 19.1. The zero-order valence-electron chi connectivity index (χ0n) is 17.0. The molecule has 2 amide bonds. The van der Waals surface area contributed by atoms with Crippen molar-refractivity contribution < 1.29 is 14.0 Å². The lowest BCUT2D eigenvalue weighted by molar-refractivity contribution is -0.120. The molecule has 0 bridgehead atoms. The molecule has 0 spiro atoms. The molecule has 0 saturated carbocycles. The van der Waals surface area contributed by atoms with Crippen molar-refractivity contribution in [2.75, 3.05) is 6.54 Å². The van der Waals surface area contributed by atoms with Gasteiger partial charge in [0.1, 0.15) is 5.82 Å². The lowest BCUT2D eigenvalue weighted by atomic mass is 10.1. The number of para-hydroxylation sites is 1. The third kappa shape index (κ3) is 5.04. The SMILES string of the molecule is O=C(CNC(=O)c1ccc(F)cc1)NCc1cn(-c2ccccc2)nc1-c1ccncc1. The Hall–Kier alpha value is -4.33. The van der Waals surface area contributed by atoms with Crippen molar-refractivity contribution in [2.45, 2.75) is 6.54 Å². The number of amides is 2. The summed E-state index contributed by atoms with van der Waals surface area (Å²) in [4.78, 5) is 28.5. The molecule has 32 heavy (non-hydrogen) atoms. The summed E-state index contributed by atoms with van der Waals surface area (Å²) in [5, 5.41) is 10.0. The largest absolute Gasteiger partial charge is 0.350 e. The molecule has 0 aliphatic rings. The topological polar surface area (TPSA) is 88.9 Å². The maximum atomic E-state index is 13.0. The van der Waals surface area contributed by atoms with Gasteiger partial charge < -0.3 is 10.6 Å². The van der Waals surface area contributed by atoms with Crippen LogP contribution in [0, 0.1) is 5.82 Å². The molecule has 4 aromatic rings. The van der Waals surface area contributed by atoms with E-state index in [1.165, 1.54) is 24.3 Å². The molecule has 2 aromatic heterocycles. The third-order valence-electron chi connectivity index (χ3n) is 4.76. The van der Waals surface area contributed by atoms with E-state index in [0.717, 1.165) is 22.5 Å². The summed E-state index contributed by atoms with van der Waals surface area (Å²) in [7, 11) is 0. The van der Waals surface area contributed by atoms with Crippen molar-refractivity contribution >= 4 is 11.8 Å². The fourth-order valence-electron chi connectivity index (χ4n) is 3.13. The van der Waals surface area contributed by atoms with Crippen LogP contribution >= 0.6 is 0 Å². The molecule has 2 N–H and O–H groups in total. The average Bonchev–Trinajstić information content (AvgIpc) is 3.27. The Bertz CT molecular complexity index is 1210. The summed E-state index contributed by atoms with van der Waals surface area (Å²) < 4.78 is 14.7. The maximum absolute atomic E-state index is 13.0.